The summed E-state index contributed by atoms with van der Waals surface area (Å²) >= 11 is 0. The molecule has 0 saturated heterocycles. The predicted molar refractivity (Wildman–Crippen MR) is 66.0 cm³/mol. The molecule has 7 heteroatoms. The molecule has 0 aliphatic heterocycles. The number of nitrogens with zero attached hydrogens (tertiary/aromatic N) is 2. The molecule has 1 heterocycles. The first-order chi connectivity index (χ1) is 9.10. The van der Waals surface area contributed by atoms with E-state index >= 15 is 0 Å². The Morgan fingerprint density at radius 3 is 2.79 bits per heavy atom. The summed E-state index contributed by atoms with van der Waals surface area (Å²) in [7, 11) is 0. The smallest absolute Gasteiger partial charge is 0.320 e. The lowest BCUT2D eigenvalue weighted by Gasteiger charge is -2.06. The maximum Gasteiger partial charge on any atom is 0.320 e. The summed E-state index contributed by atoms with van der Waals surface area (Å²) < 4.78 is 31.5. The van der Waals surface area contributed by atoms with Gasteiger partial charge in [-0.2, -0.15) is 0 Å². The van der Waals surface area contributed by atoms with E-state index in [2.05, 4.69) is 20.8 Å². The summed E-state index contributed by atoms with van der Waals surface area (Å²) in [6.45, 7) is 4.60. The highest BCUT2D eigenvalue weighted by Crippen LogP contribution is 2.21. The van der Waals surface area contributed by atoms with Gasteiger partial charge in [-0.15, -0.1) is 5.10 Å². The highest BCUT2D eigenvalue weighted by Gasteiger charge is 2.14. The van der Waals surface area contributed by atoms with E-state index in [1.165, 1.54) is 6.07 Å². The van der Waals surface area contributed by atoms with Gasteiger partial charge in [0.05, 0.1) is 11.7 Å². The summed E-state index contributed by atoms with van der Waals surface area (Å²) in [5.41, 5.74) is 0.0766. The molecule has 1 unspecified atom stereocenters. The van der Waals surface area contributed by atoms with Crippen molar-refractivity contribution in [3.8, 4) is 0 Å². The third kappa shape index (κ3) is 3.25. The molecule has 1 atom stereocenters. The minimum absolute atomic E-state index is 0.0604. The Labute approximate surface area is 109 Å². The monoisotopic (exact) mass is 268 g/mol. The zero-order chi connectivity index (χ0) is 13.8. The van der Waals surface area contributed by atoms with Crippen molar-refractivity contribution in [2.24, 2.45) is 0 Å². The van der Waals surface area contributed by atoms with Crippen LogP contribution in [0.2, 0.25) is 0 Å². The fourth-order valence-corrected chi connectivity index (χ4v) is 1.56. The quantitative estimate of drug-likeness (QED) is 0.873. The first-order valence-corrected chi connectivity index (χ1v) is 5.89. The van der Waals surface area contributed by atoms with Gasteiger partial charge in [0.25, 0.3) is 0 Å². The lowest BCUT2D eigenvalue weighted by Crippen LogP contribution is -2.17. The van der Waals surface area contributed by atoms with Gasteiger partial charge in [0.1, 0.15) is 11.6 Å². The molecule has 0 amide bonds. The molecule has 0 bridgehead atoms. The van der Waals surface area contributed by atoms with Crippen molar-refractivity contribution < 1.29 is 13.2 Å². The Kier molecular flexibility index (Phi) is 4.06. The van der Waals surface area contributed by atoms with Crippen molar-refractivity contribution >= 4 is 11.7 Å². The fraction of sp³-hybridized carbons (Fsp3) is 0.333. The molecule has 2 N–H and O–H groups in total. The number of nitrogens with one attached hydrogen (secondary N) is 2. The van der Waals surface area contributed by atoms with E-state index in [9.17, 15) is 8.78 Å². The molecule has 102 valence electrons. The van der Waals surface area contributed by atoms with Crippen molar-refractivity contribution in [1.82, 2.24) is 15.5 Å². The molecule has 0 spiro atoms. The largest absolute Gasteiger partial charge is 0.406 e. The molecule has 0 aliphatic rings. The van der Waals surface area contributed by atoms with E-state index in [1.54, 1.807) is 0 Å². The van der Waals surface area contributed by atoms with Crippen LogP contribution in [0.3, 0.4) is 0 Å². The summed E-state index contributed by atoms with van der Waals surface area (Å²) in [6.07, 6.45) is 0. The third-order valence-corrected chi connectivity index (χ3v) is 2.49. The van der Waals surface area contributed by atoms with Crippen LogP contribution >= 0.6 is 0 Å². The van der Waals surface area contributed by atoms with Crippen LogP contribution in [0, 0.1) is 11.6 Å². The summed E-state index contributed by atoms with van der Waals surface area (Å²) in [6, 6.07) is 3.16. The second kappa shape index (κ2) is 5.75. The SMILES string of the molecule is CCNC(C)c1nnc(Nc2ccc(F)cc2F)o1. The third-order valence-electron chi connectivity index (χ3n) is 2.49. The Hall–Kier alpha value is -2.02. The minimum atomic E-state index is -0.723. The zero-order valence-corrected chi connectivity index (χ0v) is 10.6. The number of halogens is 2. The van der Waals surface area contributed by atoms with Gasteiger partial charge in [-0.05, 0) is 25.6 Å². The molecule has 0 saturated carbocycles. The van der Waals surface area contributed by atoms with Gasteiger partial charge in [-0.1, -0.05) is 12.0 Å². The van der Waals surface area contributed by atoms with E-state index in [0.717, 1.165) is 18.7 Å². The minimum Gasteiger partial charge on any atom is -0.406 e. The van der Waals surface area contributed by atoms with E-state index in [0.29, 0.717) is 5.89 Å². The maximum absolute atomic E-state index is 13.4. The highest BCUT2D eigenvalue weighted by atomic mass is 19.1. The number of benzene rings is 1. The van der Waals surface area contributed by atoms with Crippen LogP contribution in [0.5, 0.6) is 0 Å². The highest BCUT2D eigenvalue weighted by molar-refractivity contribution is 5.52. The Bertz CT molecular complexity index is 558. The van der Waals surface area contributed by atoms with Crippen LogP contribution in [-0.4, -0.2) is 16.7 Å². The molecule has 19 heavy (non-hydrogen) atoms. The van der Waals surface area contributed by atoms with Crippen LogP contribution in [0.4, 0.5) is 20.5 Å². The predicted octanol–water partition coefficient (Wildman–Crippen LogP) is 2.76. The van der Waals surface area contributed by atoms with Crippen molar-refractivity contribution in [2.45, 2.75) is 19.9 Å². The Morgan fingerprint density at radius 2 is 2.11 bits per heavy atom. The number of anilines is 2. The van der Waals surface area contributed by atoms with Crippen LogP contribution in [0.1, 0.15) is 25.8 Å². The van der Waals surface area contributed by atoms with Crippen molar-refractivity contribution in [2.75, 3.05) is 11.9 Å². The zero-order valence-electron chi connectivity index (χ0n) is 10.6. The normalized spacial score (nSPS) is 12.4. The van der Waals surface area contributed by atoms with E-state index < -0.39 is 11.6 Å². The van der Waals surface area contributed by atoms with Crippen molar-refractivity contribution in [3.05, 3.63) is 35.7 Å². The van der Waals surface area contributed by atoms with Gasteiger partial charge >= 0.3 is 6.01 Å². The van der Waals surface area contributed by atoms with Gasteiger partial charge in [0.15, 0.2) is 0 Å². The molecule has 1 aromatic carbocycles. The fourth-order valence-electron chi connectivity index (χ4n) is 1.56. The van der Waals surface area contributed by atoms with Crippen LogP contribution in [0.15, 0.2) is 22.6 Å². The van der Waals surface area contributed by atoms with E-state index in [1.807, 2.05) is 13.8 Å². The molecular formula is C12H14F2N4O. The number of hydrogen-bond donors (Lipinski definition) is 2. The second-order valence-corrected chi connectivity index (χ2v) is 3.97. The average molecular weight is 268 g/mol. The van der Waals surface area contributed by atoms with Crippen molar-refractivity contribution in [3.63, 3.8) is 0 Å². The maximum atomic E-state index is 13.4. The van der Waals surface area contributed by atoms with Gasteiger partial charge in [0.2, 0.25) is 5.89 Å². The summed E-state index contributed by atoms with van der Waals surface area (Å²) in [5, 5.41) is 13.3. The molecule has 2 aromatic rings. The molecule has 5 nitrogen and oxygen atoms in total. The van der Waals surface area contributed by atoms with Crippen LogP contribution < -0.4 is 10.6 Å². The molecule has 0 radical (unpaired) electrons. The summed E-state index contributed by atoms with van der Waals surface area (Å²) in [5.74, 6) is -0.971. The van der Waals surface area contributed by atoms with Crippen molar-refractivity contribution in [1.29, 1.82) is 0 Å². The molecule has 0 fully saturated rings. The second-order valence-electron chi connectivity index (χ2n) is 3.97. The van der Waals surface area contributed by atoms with E-state index in [-0.39, 0.29) is 17.7 Å². The molecule has 1 aromatic heterocycles. The Morgan fingerprint density at radius 1 is 1.32 bits per heavy atom. The number of rotatable bonds is 5. The number of aromatic nitrogens is 2. The summed E-state index contributed by atoms with van der Waals surface area (Å²) in [4.78, 5) is 0. The lowest BCUT2D eigenvalue weighted by molar-refractivity contribution is 0.430. The van der Waals surface area contributed by atoms with Crippen LogP contribution in [0.25, 0.3) is 0 Å². The average Bonchev–Trinajstić information content (AvgIpc) is 2.82. The van der Waals surface area contributed by atoms with Crippen LogP contribution in [-0.2, 0) is 0 Å². The molecule has 0 aliphatic carbocycles. The molecule has 2 rings (SSSR count). The lowest BCUT2D eigenvalue weighted by atomic mass is 10.3. The first kappa shape index (κ1) is 13.4. The van der Waals surface area contributed by atoms with Gasteiger partial charge < -0.3 is 15.1 Å². The van der Waals surface area contributed by atoms with Gasteiger partial charge in [-0.3, -0.25) is 0 Å². The van der Waals surface area contributed by atoms with Gasteiger partial charge in [-0.25, -0.2) is 8.78 Å². The topological polar surface area (TPSA) is 63.0 Å². The van der Waals surface area contributed by atoms with E-state index in [4.69, 9.17) is 4.42 Å². The number of hydrogen-bond acceptors (Lipinski definition) is 5. The standard InChI is InChI=1S/C12H14F2N4O/c1-3-15-7(2)11-17-18-12(19-11)16-10-5-4-8(13)6-9(10)14/h4-7,15H,3H2,1-2H3,(H,16,18). The Balaban J connectivity index is 2.11. The molecular weight excluding hydrogens is 254 g/mol. The van der Waals surface area contributed by atoms with Gasteiger partial charge in [0, 0.05) is 6.07 Å². The first-order valence-electron chi connectivity index (χ1n) is 5.89.